The average Bonchev–Trinajstić information content (AvgIpc) is 3.61. The first-order valence-corrected chi connectivity index (χ1v) is 26.4. The first kappa shape index (κ1) is 51.5. The predicted molar refractivity (Wildman–Crippen MR) is 258 cm³/mol. The molecule has 0 amide bonds. The Bertz CT molecular complexity index is 2330. The van der Waals surface area contributed by atoms with Crippen molar-refractivity contribution < 1.29 is 41.8 Å². The summed E-state index contributed by atoms with van der Waals surface area (Å²) in [7, 11) is -4.54. The van der Waals surface area contributed by atoms with Gasteiger partial charge >= 0.3 is 7.82 Å². The highest BCUT2D eigenvalue weighted by Crippen LogP contribution is 2.70. The molecule has 0 bridgehead atoms. The van der Waals surface area contributed by atoms with Crippen LogP contribution in [0, 0.1) is 11.3 Å². The van der Waals surface area contributed by atoms with E-state index in [1.165, 1.54) is 89.8 Å². The van der Waals surface area contributed by atoms with Crippen molar-refractivity contribution in [2.45, 2.75) is 178 Å². The van der Waals surface area contributed by atoms with E-state index in [9.17, 15) is 5.26 Å². The third-order valence-corrected chi connectivity index (χ3v) is 14.9. The van der Waals surface area contributed by atoms with E-state index < -0.39 is 49.2 Å². The number of hydrogen-bond donors (Lipinski definition) is 1. The third kappa shape index (κ3) is 12.7. The fourth-order valence-corrected chi connectivity index (χ4v) is 11.3. The molecule has 3 fully saturated rings. The van der Waals surface area contributed by atoms with Gasteiger partial charge in [-0.15, -0.1) is 0 Å². The maximum Gasteiger partial charge on any atom is 0.530 e. The maximum absolute atomic E-state index is 15.0. The second kappa shape index (κ2) is 23.5. The molecule has 2 aromatic heterocycles. The van der Waals surface area contributed by atoms with Crippen molar-refractivity contribution in [3.8, 4) is 11.8 Å². The number of unbranched alkanes of at least 4 members (excludes halogenated alkanes) is 15. The number of nitrogens with zero attached hydrogens (tertiary/aromatic N) is 4. The molecule has 4 aromatic rings. The summed E-state index contributed by atoms with van der Waals surface area (Å²) in [5.41, 5.74) is 6.28. The van der Waals surface area contributed by atoms with Gasteiger partial charge in [-0.25, -0.2) is 14.1 Å². The van der Waals surface area contributed by atoms with Crippen LogP contribution in [0.2, 0.25) is 10.0 Å². The standard InChI is InChI=1S/C50H68Cl2N5O9P/c1-5-6-7-8-9-10-11-12-13-14-15-16-17-18-19-22-29-59-33-38(60-32-36-25-26-37(31-53)40(52)30-36)34-61-67(58,64-42-24-21-20-23-39(42)51)65-45-44-50(45)47(63-48(2,3)66-50)49(4,62-44)43-28-27-41-46(54)55-35-56-57(41)43/h20-21,23-28,30,35,38,44-45,47H,5-19,22,29,32-34H2,1-4H3,(H2,54,55,56)/t38-,44-,45?,47+,49+,50+,67?/m1/s1. The highest BCUT2D eigenvalue weighted by molar-refractivity contribution is 7.49. The normalized spacial score (nSPS) is 24.0. The predicted octanol–water partition coefficient (Wildman–Crippen LogP) is 12.5. The van der Waals surface area contributed by atoms with Crippen molar-refractivity contribution in [3.63, 3.8) is 0 Å². The quantitative estimate of drug-likeness (QED) is 0.0387. The molecule has 3 aliphatic rings. The molecule has 2 saturated heterocycles. The Labute approximate surface area is 406 Å². The highest BCUT2D eigenvalue weighted by Gasteiger charge is 2.88. The smallest absolute Gasteiger partial charge is 0.402 e. The van der Waals surface area contributed by atoms with Crippen LogP contribution in [-0.2, 0) is 49.5 Å². The van der Waals surface area contributed by atoms with Crippen molar-refractivity contribution in [2.24, 2.45) is 0 Å². The van der Waals surface area contributed by atoms with Crippen LogP contribution < -0.4 is 10.3 Å². The molecular weight excluding hydrogens is 916 g/mol. The number of phosphoric ester groups is 1. The number of nitriles is 1. The fourth-order valence-electron chi connectivity index (χ4n) is 9.40. The van der Waals surface area contributed by atoms with Crippen molar-refractivity contribution in [3.05, 3.63) is 87.8 Å². The molecule has 2 N–H and O–H groups in total. The molecule has 67 heavy (non-hydrogen) atoms. The van der Waals surface area contributed by atoms with Crippen LogP contribution in [0.4, 0.5) is 5.82 Å². The second-order valence-electron chi connectivity index (χ2n) is 18.7. The number of halogens is 2. The summed E-state index contributed by atoms with van der Waals surface area (Å²) in [5, 5.41) is 14.4. The molecule has 7 atom stereocenters. The van der Waals surface area contributed by atoms with Gasteiger partial charge in [0.05, 0.1) is 41.1 Å². The van der Waals surface area contributed by atoms with Crippen LogP contribution in [0.3, 0.4) is 0 Å². The minimum atomic E-state index is -4.54. The molecule has 17 heteroatoms. The SMILES string of the molecule is CCCCCCCCCCCCCCCCCCOC[C@H](COP(=O)(Oc1ccccc1Cl)OC1[C@H]2O[C@@](C)(c3ccc4c(N)ncnn34)[C@@H]3OC(C)(C)O[C@]123)OCc1ccc(C#N)c(Cl)c1. The zero-order chi connectivity index (χ0) is 47.5. The molecule has 366 valence electrons. The third-order valence-electron chi connectivity index (χ3n) is 12.9. The van der Waals surface area contributed by atoms with Crippen LogP contribution in [-0.4, -0.2) is 70.2 Å². The van der Waals surface area contributed by atoms with Gasteiger partial charge in [-0.05, 0) is 69.2 Å². The van der Waals surface area contributed by atoms with Crippen LogP contribution in [0.1, 0.15) is 147 Å². The number of nitrogen functional groups attached to an aromatic ring is 1. The first-order valence-electron chi connectivity index (χ1n) is 24.2. The summed E-state index contributed by atoms with van der Waals surface area (Å²) in [4.78, 5) is 4.12. The largest absolute Gasteiger partial charge is 0.530 e. The Morgan fingerprint density at radius 2 is 1.54 bits per heavy atom. The van der Waals surface area contributed by atoms with Crippen LogP contribution in [0.15, 0.2) is 60.9 Å². The minimum absolute atomic E-state index is 0.100. The molecule has 1 spiro atoms. The van der Waals surface area contributed by atoms with E-state index in [1.54, 1.807) is 47.0 Å². The number of nitrogens with two attached hydrogens (primary N) is 1. The number of hydrogen-bond acceptors (Lipinski definition) is 13. The Morgan fingerprint density at radius 1 is 0.866 bits per heavy atom. The molecular formula is C50H68Cl2N5O9P. The van der Waals surface area contributed by atoms with E-state index in [0.717, 1.165) is 24.8 Å². The Kier molecular flexibility index (Phi) is 18.1. The van der Waals surface area contributed by atoms with Gasteiger partial charge < -0.3 is 33.9 Å². The lowest BCUT2D eigenvalue weighted by Gasteiger charge is -2.33. The molecule has 2 aliphatic heterocycles. The maximum atomic E-state index is 15.0. The zero-order valence-corrected chi connectivity index (χ0v) is 41.9. The Hall–Kier alpha value is -3.32. The van der Waals surface area contributed by atoms with Crippen molar-refractivity contribution >= 4 is 42.4 Å². The van der Waals surface area contributed by atoms with E-state index in [2.05, 4.69) is 23.1 Å². The summed E-state index contributed by atoms with van der Waals surface area (Å²) >= 11 is 12.9. The number of ether oxygens (including phenoxy) is 5. The van der Waals surface area contributed by atoms with Crippen LogP contribution >= 0.6 is 31.0 Å². The van der Waals surface area contributed by atoms with Crippen molar-refractivity contribution in [2.75, 3.05) is 25.6 Å². The van der Waals surface area contributed by atoms with Crippen LogP contribution in [0.25, 0.3) is 5.52 Å². The number of rotatable bonds is 30. The molecule has 14 nitrogen and oxygen atoms in total. The van der Waals surface area contributed by atoms with Crippen molar-refractivity contribution in [1.82, 2.24) is 14.6 Å². The van der Waals surface area contributed by atoms with Gasteiger partial charge in [0.25, 0.3) is 0 Å². The first-order chi connectivity index (χ1) is 32.3. The van der Waals surface area contributed by atoms with Gasteiger partial charge in [0.15, 0.2) is 17.2 Å². The van der Waals surface area contributed by atoms with Gasteiger partial charge in [-0.1, -0.05) is 145 Å². The molecule has 1 aliphatic carbocycles. The van der Waals surface area contributed by atoms with E-state index in [0.29, 0.717) is 34.2 Å². The van der Waals surface area contributed by atoms with Crippen molar-refractivity contribution in [1.29, 1.82) is 5.26 Å². The Balaban J connectivity index is 0.962. The number of aromatic nitrogens is 3. The number of anilines is 1. The van der Waals surface area contributed by atoms with Gasteiger partial charge in [-0.3, -0.25) is 9.05 Å². The van der Waals surface area contributed by atoms with E-state index in [4.69, 9.17) is 66.2 Å². The summed E-state index contributed by atoms with van der Waals surface area (Å²) in [5.74, 6) is -0.641. The van der Waals surface area contributed by atoms with E-state index >= 15 is 4.57 Å². The average molecular weight is 985 g/mol. The molecule has 7 rings (SSSR count). The summed E-state index contributed by atoms with van der Waals surface area (Å²) in [6.07, 6.45) is 18.8. The summed E-state index contributed by atoms with van der Waals surface area (Å²) in [6, 6.07) is 17.5. The molecule has 2 aromatic carbocycles. The van der Waals surface area contributed by atoms with Gasteiger partial charge in [0.1, 0.15) is 53.7 Å². The molecule has 1 saturated carbocycles. The van der Waals surface area contributed by atoms with Gasteiger partial charge in [0.2, 0.25) is 0 Å². The second-order valence-corrected chi connectivity index (χ2v) is 21.0. The lowest BCUT2D eigenvalue weighted by Crippen LogP contribution is -2.45. The fraction of sp³-hybridized carbons (Fsp3) is 0.620. The van der Waals surface area contributed by atoms with Crippen LogP contribution in [0.5, 0.6) is 5.75 Å². The number of phosphoric acid groups is 1. The number of benzene rings is 2. The monoisotopic (exact) mass is 983 g/mol. The summed E-state index contributed by atoms with van der Waals surface area (Å²) in [6.45, 7) is 8.32. The summed E-state index contributed by atoms with van der Waals surface area (Å²) < 4.78 is 67.8. The molecule has 4 heterocycles. The molecule has 2 unspecified atom stereocenters. The lowest BCUT2D eigenvalue weighted by molar-refractivity contribution is -0.196. The lowest BCUT2D eigenvalue weighted by atomic mass is 9.91. The van der Waals surface area contributed by atoms with E-state index in [1.807, 2.05) is 32.9 Å². The number of para-hydroxylation sites is 1. The molecule has 0 radical (unpaired) electrons. The zero-order valence-electron chi connectivity index (χ0n) is 39.5. The van der Waals surface area contributed by atoms with Gasteiger partial charge in [0, 0.05) is 6.61 Å². The van der Waals surface area contributed by atoms with E-state index in [-0.39, 0.29) is 30.6 Å². The minimum Gasteiger partial charge on any atom is -0.402 e. The van der Waals surface area contributed by atoms with Gasteiger partial charge in [-0.2, -0.15) is 10.4 Å². The Morgan fingerprint density at radius 3 is 2.19 bits per heavy atom. The topological polar surface area (TPSA) is 171 Å². The highest BCUT2D eigenvalue weighted by atomic mass is 35.5. The number of fused-ring (bicyclic) bond motifs is 1.